The largest absolute Gasteiger partial charge is 0.454 e. The molecule has 1 unspecified atom stereocenters. The number of ether oxygens (including phenoxy) is 3. The summed E-state index contributed by atoms with van der Waals surface area (Å²) in [5, 5.41) is 12.2. The van der Waals surface area contributed by atoms with Crippen molar-refractivity contribution >= 4 is 11.6 Å². The van der Waals surface area contributed by atoms with Gasteiger partial charge in [0, 0.05) is 30.9 Å². The van der Waals surface area contributed by atoms with Gasteiger partial charge in [0.1, 0.15) is 0 Å². The predicted octanol–water partition coefficient (Wildman–Crippen LogP) is 6.30. The van der Waals surface area contributed by atoms with Crippen LogP contribution in [0.4, 0.5) is 5.69 Å². The molecule has 0 fully saturated rings. The molecule has 6 heteroatoms. The van der Waals surface area contributed by atoms with E-state index in [2.05, 4.69) is 45.1 Å². The number of aliphatic hydroxyl groups excluding tert-OH is 1. The van der Waals surface area contributed by atoms with E-state index in [-0.39, 0.29) is 30.6 Å². The van der Waals surface area contributed by atoms with Crippen molar-refractivity contribution in [1.82, 2.24) is 0 Å². The van der Waals surface area contributed by atoms with Crippen molar-refractivity contribution in [2.75, 3.05) is 25.3 Å². The van der Waals surface area contributed by atoms with Gasteiger partial charge in [0.2, 0.25) is 12.7 Å². The van der Waals surface area contributed by atoms with Gasteiger partial charge in [0.25, 0.3) is 0 Å². The van der Waals surface area contributed by atoms with E-state index in [1.807, 2.05) is 24.3 Å². The zero-order valence-electron chi connectivity index (χ0n) is 21.7. The molecule has 0 aliphatic carbocycles. The van der Waals surface area contributed by atoms with Crippen molar-refractivity contribution in [2.45, 2.75) is 84.2 Å². The van der Waals surface area contributed by atoms with E-state index in [1.165, 1.54) is 0 Å². The zero-order valence-corrected chi connectivity index (χ0v) is 21.7. The number of nitrogens with one attached hydrogen (secondary N) is 1. The summed E-state index contributed by atoms with van der Waals surface area (Å²) in [6, 6.07) is 12.1. The minimum absolute atomic E-state index is 0.00753. The van der Waals surface area contributed by atoms with Gasteiger partial charge in [-0.15, -0.1) is 0 Å². The molecule has 1 aliphatic heterocycles. The molecule has 0 aromatic heterocycles. The van der Waals surface area contributed by atoms with Gasteiger partial charge in [-0.2, -0.15) is 0 Å². The second-order valence-corrected chi connectivity index (χ2v) is 10.3. The fourth-order valence-electron chi connectivity index (χ4n) is 4.50. The number of para-hydroxylation sites is 1. The maximum absolute atomic E-state index is 13.4. The Morgan fingerprint density at radius 2 is 1.97 bits per heavy atom. The normalized spacial score (nSPS) is 13.6. The molecule has 6 nitrogen and oxygen atoms in total. The molecule has 1 aliphatic rings. The van der Waals surface area contributed by atoms with Crippen LogP contribution in [0.25, 0.3) is 0 Å². The molecule has 1 amide bonds. The first-order chi connectivity index (χ1) is 16.8. The van der Waals surface area contributed by atoms with Gasteiger partial charge in [-0.3, -0.25) is 4.79 Å². The Morgan fingerprint density at radius 1 is 1.14 bits per heavy atom. The minimum atomic E-state index is -0.120. The highest BCUT2D eigenvalue weighted by Gasteiger charge is 2.26. The Hall–Kier alpha value is -2.57. The SMILES string of the molecule is CCCCCC(CC(=O)Nc1cc(COCCCO)ccc1C(C)(C)C)c1cccc2c1OCO2. The first kappa shape index (κ1) is 27.0. The lowest BCUT2D eigenvalue weighted by Gasteiger charge is -2.25. The summed E-state index contributed by atoms with van der Waals surface area (Å²) in [6.45, 7) is 9.92. The lowest BCUT2D eigenvalue weighted by atomic mass is 9.85. The highest BCUT2D eigenvalue weighted by molar-refractivity contribution is 5.92. The average molecular weight is 484 g/mol. The van der Waals surface area contributed by atoms with Gasteiger partial charge < -0.3 is 24.6 Å². The Morgan fingerprint density at radius 3 is 2.71 bits per heavy atom. The summed E-state index contributed by atoms with van der Waals surface area (Å²) in [4.78, 5) is 13.4. The van der Waals surface area contributed by atoms with Crippen LogP contribution < -0.4 is 14.8 Å². The van der Waals surface area contributed by atoms with Crippen molar-refractivity contribution in [3.05, 3.63) is 53.1 Å². The average Bonchev–Trinajstić information content (AvgIpc) is 3.30. The molecule has 2 aromatic carbocycles. The van der Waals surface area contributed by atoms with Crippen LogP contribution in [0.5, 0.6) is 11.5 Å². The summed E-state index contributed by atoms with van der Waals surface area (Å²) in [7, 11) is 0. The molecule has 192 valence electrons. The molecule has 2 aromatic rings. The number of benzene rings is 2. The van der Waals surface area contributed by atoms with E-state index in [4.69, 9.17) is 19.3 Å². The van der Waals surface area contributed by atoms with Crippen LogP contribution in [0.2, 0.25) is 0 Å². The zero-order chi connectivity index (χ0) is 25.3. The monoisotopic (exact) mass is 483 g/mol. The summed E-state index contributed by atoms with van der Waals surface area (Å²) in [5.74, 6) is 1.58. The number of carbonyl (C=O) groups is 1. The number of hydrogen-bond acceptors (Lipinski definition) is 5. The van der Waals surface area contributed by atoms with Gasteiger partial charge in [0.15, 0.2) is 11.5 Å². The van der Waals surface area contributed by atoms with E-state index in [0.717, 1.165) is 59.6 Å². The van der Waals surface area contributed by atoms with Crippen LogP contribution in [-0.4, -0.2) is 31.0 Å². The molecule has 0 spiro atoms. The van der Waals surface area contributed by atoms with Crippen LogP contribution in [0.1, 0.15) is 88.8 Å². The summed E-state index contributed by atoms with van der Waals surface area (Å²) < 4.78 is 17.0. The minimum Gasteiger partial charge on any atom is -0.454 e. The summed E-state index contributed by atoms with van der Waals surface area (Å²) in [6.07, 6.45) is 5.24. The van der Waals surface area contributed by atoms with Crippen molar-refractivity contribution in [1.29, 1.82) is 0 Å². The highest BCUT2D eigenvalue weighted by Crippen LogP contribution is 2.42. The maximum Gasteiger partial charge on any atom is 0.231 e. The summed E-state index contributed by atoms with van der Waals surface area (Å²) >= 11 is 0. The molecule has 0 saturated heterocycles. The number of aliphatic hydroxyl groups is 1. The number of fused-ring (bicyclic) bond motifs is 1. The predicted molar refractivity (Wildman–Crippen MR) is 139 cm³/mol. The number of hydrogen-bond donors (Lipinski definition) is 2. The third kappa shape index (κ3) is 7.71. The maximum atomic E-state index is 13.4. The van der Waals surface area contributed by atoms with Crippen LogP contribution in [0, 0.1) is 0 Å². The Labute approximate surface area is 210 Å². The number of carbonyl (C=O) groups excluding carboxylic acids is 1. The van der Waals surface area contributed by atoms with Gasteiger partial charge in [0.05, 0.1) is 6.61 Å². The van der Waals surface area contributed by atoms with Crippen LogP contribution in [0.15, 0.2) is 36.4 Å². The van der Waals surface area contributed by atoms with Crippen LogP contribution >= 0.6 is 0 Å². The van der Waals surface area contributed by atoms with Crippen LogP contribution in [0.3, 0.4) is 0 Å². The van der Waals surface area contributed by atoms with E-state index in [1.54, 1.807) is 0 Å². The molecular formula is C29H41NO5. The molecule has 1 atom stereocenters. The van der Waals surface area contributed by atoms with E-state index < -0.39 is 0 Å². The van der Waals surface area contributed by atoms with Crippen LogP contribution in [-0.2, 0) is 21.6 Å². The van der Waals surface area contributed by atoms with Crippen molar-refractivity contribution in [3.8, 4) is 11.5 Å². The Kier molecular flexibility index (Phi) is 9.99. The van der Waals surface area contributed by atoms with E-state index >= 15 is 0 Å². The standard InChI is InChI=1S/C29H41NO5/c1-5-6-7-10-22(23-11-8-12-26-28(23)35-20-34-26)18-27(32)30-25-17-21(19-33-16-9-15-31)13-14-24(25)29(2,3)4/h8,11-14,17,22,31H,5-7,9-10,15-16,18-20H2,1-4H3,(H,30,32). The quantitative estimate of drug-likeness (QED) is 0.327. The molecule has 2 N–H and O–H groups in total. The van der Waals surface area contributed by atoms with Gasteiger partial charge in [-0.25, -0.2) is 0 Å². The van der Waals surface area contributed by atoms with Gasteiger partial charge in [-0.05, 0) is 47.4 Å². The number of rotatable bonds is 13. The fraction of sp³-hybridized carbons (Fsp3) is 0.552. The summed E-state index contributed by atoms with van der Waals surface area (Å²) in [5.41, 5.74) is 3.84. The van der Waals surface area contributed by atoms with E-state index in [9.17, 15) is 4.79 Å². The number of anilines is 1. The lowest BCUT2D eigenvalue weighted by Crippen LogP contribution is -2.21. The van der Waals surface area contributed by atoms with Crippen molar-refractivity contribution in [3.63, 3.8) is 0 Å². The highest BCUT2D eigenvalue weighted by atomic mass is 16.7. The van der Waals surface area contributed by atoms with Crippen molar-refractivity contribution < 1.29 is 24.1 Å². The first-order valence-corrected chi connectivity index (χ1v) is 12.8. The molecule has 0 bridgehead atoms. The number of unbranched alkanes of at least 4 members (excludes halogenated alkanes) is 2. The fourth-order valence-corrected chi connectivity index (χ4v) is 4.50. The Balaban J connectivity index is 1.78. The topological polar surface area (TPSA) is 77.0 Å². The van der Waals surface area contributed by atoms with Gasteiger partial charge in [-0.1, -0.05) is 71.2 Å². The molecule has 0 saturated carbocycles. The molecule has 1 heterocycles. The first-order valence-electron chi connectivity index (χ1n) is 12.8. The molecule has 3 rings (SSSR count). The Bertz CT molecular complexity index is 966. The molecule has 0 radical (unpaired) electrons. The third-order valence-electron chi connectivity index (χ3n) is 6.34. The van der Waals surface area contributed by atoms with Gasteiger partial charge >= 0.3 is 0 Å². The molecule has 35 heavy (non-hydrogen) atoms. The second-order valence-electron chi connectivity index (χ2n) is 10.3. The van der Waals surface area contributed by atoms with E-state index in [0.29, 0.717) is 26.1 Å². The number of amides is 1. The van der Waals surface area contributed by atoms with Crippen molar-refractivity contribution in [2.24, 2.45) is 0 Å². The third-order valence-corrected chi connectivity index (χ3v) is 6.34. The smallest absolute Gasteiger partial charge is 0.231 e. The lowest BCUT2D eigenvalue weighted by molar-refractivity contribution is -0.116. The molecular weight excluding hydrogens is 442 g/mol. The second kappa shape index (κ2) is 12.9.